The first kappa shape index (κ1) is 24.8. The summed E-state index contributed by atoms with van der Waals surface area (Å²) in [4.78, 5) is 15.8. The van der Waals surface area contributed by atoms with Crippen LogP contribution in [0.2, 0.25) is 0 Å². The van der Waals surface area contributed by atoms with Gasteiger partial charge in [0.15, 0.2) is 0 Å². The molecule has 0 saturated carbocycles. The molecule has 1 saturated heterocycles. The van der Waals surface area contributed by atoms with Gasteiger partial charge in [-0.25, -0.2) is 13.8 Å². The molecule has 10 heteroatoms. The Hall–Kier alpha value is -1.42. The fourth-order valence-electron chi connectivity index (χ4n) is 3.39. The van der Waals surface area contributed by atoms with Crippen molar-refractivity contribution < 1.29 is 76.5 Å². The van der Waals surface area contributed by atoms with Crippen LogP contribution in [-0.2, 0) is 9.53 Å². The number of nitrogens with one attached hydrogen (secondary N) is 1. The van der Waals surface area contributed by atoms with Gasteiger partial charge in [0.2, 0.25) is 0 Å². The van der Waals surface area contributed by atoms with E-state index in [2.05, 4.69) is 14.8 Å². The van der Waals surface area contributed by atoms with E-state index in [9.17, 15) is 13.6 Å². The third-order valence-electron chi connectivity index (χ3n) is 4.80. The fraction of sp³-hybridized carbons (Fsp3) is 0.350. The minimum Gasteiger partial charge on any atom is -0.481 e. The Bertz CT molecular complexity index is 1010. The maximum Gasteiger partial charge on any atom is 1.00 e. The minimum atomic E-state index is -0.438. The van der Waals surface area contributed by atoms with E-state index in [0.29, 0.717) is 35.7 Å². The van der Waals surface area contributed by atoms with Crippen LogP contribution in [0, 0.1) is 18.6 Å². The van der Waals surface area contributed by atoms with Gasteiger partial charge >= 0.3 is 58.2 Å². The number of hydrogen-bond acceptors (Lipinski definition) is 5. The van der Waals surface area contributed by atoms with E-state index in [1.165, 1.54) is 12.1 Å². The van der Waals surface area contributed by atoms with Gasteiger partial charge < -0.3 is 25.0 Å². The van der Waals surface area contributed by atoms with E-state index in [0.717, 1.165) is 25.5 Å². The summed E-state index contributed by atoms with van der Waals surface area (Å²) in [6, 6.07) is 5.13. The molecule has 30 heavy (non-hydrogen) atoms. The average molecular weight is 488 g/mol. The van der Waals surface area contributed by atoms with Crippen LogP contribution in [0.15, 0.2) is 30.5 Å². The molecule has 1 aromatic carbocycles. The van der Waals surface area contributed by atoms with Crippen molar-refractivity contribution in [1.82, 2.24) is 14.6 Å². The van der Waals surface area contributed by atoms with Crippen molar-refractivity contribution in [3.63, 3.8) is 0 Å². The zero-order valence-corrected chi connectivity index (χ0v) is 22.1. The topological polar surface area (TPSA) is 83.5 Å². The molecule has 4 rings (SSSR count). The summed E-state index contributed by atoms with van der Waals surface area (Å²) in [5.41, 5.74) is 9.45. The smallest absolute Gasteiger partial charge is 0.481 e. The molecule has 2 aromatic heterocycles. The molecule has 1 fully saturated rings. The van der Waals surface area contributed by atoms with Gasteiger partial charge in [0, 0.05) is 18.3 Å². The summed E-state index contributed by atoms with van der Waals surface area (Å²) in [5.74, 6) is 0.0426. The zero-order chi connectivity index (χ0) is 21.0. The SMILES string of the molecule is CCOC=O.Cc1c([NH-])nn2ccc(N3CCCC3c3cc(F)ccc3F)nc12.[Rb+]. The summed E-state index contributed by atoms with van der Waals surface area (Å²) < 4.78 is 33.5. The van der Waals surface area contributed by atoms with Crippen LogP contribution in [0.5, 0.6) is 0 Å². The van der Waals surface area contributed by atoms with Crippen molar-refractivity contribution in [3.8, 4) is 0 Å². The predicted octanol–water partition coefficient (Wildman–Crippen LogP) is 1.52. The number of nitrogens with zero attached hydrogens (tertiary/aromatic N) is 4. The third kappa shape index (κ3) is 5.43. The molecular formula is C20H22F2N5O2Rb. The van der Waals surface area contributed by atoms with Crippen LogP contribution >= 0.6 is 0 Å². The Balaban J connectivity index is 0.000000482. The quantitative estimate of drug-likeness (QED) is 0.521. The van der Waals surface area contributed by atoms with Crippen LogP contribution < -0.4 is 63.1 Å². The van der Waals surface area contributed by atoms with Gasteiger partial charge in [-0.15, -0.1) is 0 Å². The first-order chi connectivity index (χ1) is 14.0. The summed E-state index contributed by atoms with van der Waals surface area (Å²) in [7, 11) is 0. The van der Waals surface area contributed by atoms with E-state index < -0.39 is 11.6 Å². The molecule has 3 heterocycles. The van der Waals surface area contributed by atoms with E-state index in [1.54, 1.807) is 30.6 Å². The number of aromatic nitrogens is 3. The molecular weight excluding hydrogens is 466 g/mol. The van der Waals surface area contributed by atoms with Crippen LogP contribution in [0.25, 0.3) is 11.4 Å². The number of benzene rings is 1. The van der Waals surface area contributed by atoms with Gasteiger partial charge in [0.25, 0.3) is 6.47 Å². The summed E-state index contributed by atoms with van der Waals surface area (Å²) in [5, 5.41) is 4.08. The molecule has 0 bridgehead atoms. The molecule has 0 radical (unpaired) electrons. The Labute approximate surface area is 222 Å². The third-order valence-corrected chi connectivity index (χ3v) is 4.80. The molecule has 7 nitrogen and oxygen atoms in total. The van der Waals surface area contributed by atoms with E-state index in [1.807, 2.05) is 4.90 Å². The number of carbonyl (C=O) groups excluding carboxylic acids is 1. The Morgan fingerprint density at radius 3 is 2.77 bits per heavy atom. The molecule has 3 aromatic rings. The number of rotatable bonds is 4. The zero-order valence-electron chi connectivity index (χ0n) is 17.2. The van der Waals surface area contributed by atoms with Crippen molar-refractivity contribution >= 4 is 23.8 Å². The minimum absolute atomic E-state index is 0. The van der Waals surface area contributed by atoms with E-state index >= 15 is 0 Å². The molecule has 0 spiro atoms. The number of ether oxygens (including phenoxy) is 1. The molecule has 1 aliphatic rings. The number of anilines is 1. The summed E-state index contributed by atoms with van der Waals surface area (Å²) in [6.45, 7) is 5.19. The van der Waals surface area contributed by atoms with Crippen molar-refractivity contribution in [2.45, 2.75) is 32.7 Å². The first-order valence-electron chi connectivity index (χ1n) is 9.30. The molecule has 0 amide bonds. The largest absolute Gasteiger partial charge is 1.00 e. The molecule has 154 valence electrons. The Morgan fingerprint density at radius 2 is 2.10 bits per heavy atom. The average Bonchev–Trinajstić information content (AvgIpc) is 3.30. The summed E-state index contributed by atoms with van der Waals surface area (Å²) >= 11 is 0. The first-order valence-corrected chi connectivity index (χ1v) is 9.30. The Morgan fingerprint density at radius 1 is 1.33 bits per heavy atom. The normalized spacial score (nSPS) is 15.3. The van der Waals surface area contributed by atoms with Crippen molar-refractivity contribution in [1.29, 1.82) is 0 Å². The van der Waals surface area contributed by atoms with Crippen LogP contribution in [0.1, 0.15) is 36.9 Å². The molecule has 1 unspecified atom stereocenters. The molecule has 1 N–H and O–H groups in total. The van der Waals surface area contributed by atoms with E-state index in [-0.39, 0.29) is 70.0 Å². The Kier molecular flexibility index (Phi) is 9.33. The molecule has 1 atom stereocenters. The standard InChI is InChI=1S/C17H16F2N5.C3H6O2.Rb/c1-10-16(20)22-24-8-6-15(21-17(10)24)23-7-2-3-14(23)12-9-11(18)4-5-13(12)19;1-2-5-3-4;/h4-6,8-9,14H,2-3,7H2,1H3,(H-,20,22);3H,2H2,1H3;/q-1;;+1. The second kappa shape index (κ2) is 11.3. The van der Waals surface area contributed by atoms with Crippen LogP contribution in [0.4, 0.5) is 20.4 Å². The maximum absolute atomic E-state index is 14.2. The van der Waals surface area contributed by atoms with Crippen molar-refractivity contribution in [2.24, 2.45) is 0 Å². The van der Waals surface area contributed by atoms with E-state index in [4.69, 9.17) is 5.73 Å². The number of aryl methyl sites for hydroxylation is 1. The van der Waals surface area contributed by atoms with Gasteiger partial charge in [-0.1, -0.05) is 0 Å². The van der Waals surface area contributed by atoms with Gasteiger partial charge in [0.1, 0.15) is 23.1 Å². The second-order valence-electron chi connectivity index (χ2n) is 6.60. The monoisotopic (exact) mass is 487 g/mol. The predicted molar refractivity (Wildman–Crippen MR) is 105 cm³/mol. The molecule has 1 aliphatic heterocycles. The van der Waals surface area contributed by atoms with Gasteiger partial charge in [-0.05, 0) is 62.3 Å². The number of halogens is 2. The molecule has 0 aliphatic carbocycles. The number of hydrogen-bond donors (Lipinski definition) is 0. The number of fused-ring (bicyclic) bond motifs is 1. The van der Waals surface area contributed by atoms with Gasteiger partial charge in [-0.2, -0.15) is 0 Å². The second-order valence-corrected chi connectivity index (χ2v) is 6.60. The van der Waals surface area contributed by atoms with Crippen LogP contribution in [-0.4, -0.2) is 34.2 Å². The number of carbonyl (C=O) groups is 1. The van der Waals surface area contributed by atoms with Gasteiger partial charge in [-0.3, -0.25) is 4.79 Å². The fourth-order valence-corrected chi connectivity index (χ4v) is 3.39. The van der Waals surface area contributed by atoms with Crippen molar-refractivity contribution in [2.75, 3.05) is 18.1 Å². The van der Waals surface area contributed by atoms with Crippen LogP contribution in [0.3, 0.4) is 0 Å². The maximum atomic E-state index is 14.2. The van der Waals surface area contributed by atoms with Crippen molar-refractivity contribution in [3.05, 3.63) is 59.0 Å². The summed E-state index contributed by atoms with van der Waals surface area (Å²) in [6.07, 6.45) is 3.38. The van der Waals surface area contributed by atoms with Gasteiger partial charge in [0.05, 0.1) is 12.6 Å².